The number of pyridine rings is 1. The van der Waals surface area contributed by atoms with Gasteiger partial charge in [-0.15, -0.1) is 0 Å². The number of rotatable bonds is 2. The summed E-state index contributed by atoms with van der Waals surface area (Å²) in [6, 6.07) is 7.47. The first kappa shape index (κ1) is 12.2. The highest BCUT2D eigenvalue weighted by Gasteiger charge is 2.05. The summed E-state index contributed by atoms with van der Waals surface area (Å²) in [4.78, 5) is 4.22. The second kappa shape index (κ2) is 4.94. The molecule has 2 aromatic rings. The SMILES string of the molecule is Cc1c(Cl)cccc1Nc1ncc(Br)cc1N. The number of anilines is 3. The first-order chi connectivity index (χ1) is 8.08. The molecule has 0 amide bonds. The lowest BCUT2D eigenvalue weighted by atomic mass is 10.2. The summed E-state index contributed by atoms with van der Waals surface area (Å²) in [5.41, 5.74) is 8.32. The summed E-state index contributed by atoms with van der Waals surface area (Å²) in [6.45, 7) is 1.94. The number of nitrogens with two attached hydrogens (primary N) is 1. The van der Waals surface area contributed by atoms with E-state index in [-0.39, 0.29) is 0 Å². The largest absolute Gasteiger partial charge is 0.396 e. The van der Waals surface area contributed by atoms with Gasteiger partial charge in [0.05, 0.1) is 5.69 Å². The molecule has 0 aliphatic heterocycles. The van der Waals surface area contributed by atoms with Gasteiger partial charge in [-0.25, -0.2) is 4.98 Å². The lowest BCUT2D eigenvalue weighted by molar-refractivity contribution is 1.29. The molecule has 0 aliphatic carbocycles. The summed E-state index contributed by atoms with van der Waals surface area (Å²) < 4.78 is 0.850. The topological polar surface area (TPSA) is 50.9 Å². The van der Waals surface area contributed by atoms with Crippen LogP contribution in [0.3, 0.4) is 0 Å². The van der Waals surface area contributed by atoms with Crippen LogP contribution in [-0.4, -0.2) is 4.98 Å². The van der Waals surface area contributed by atoms with E-state index in [4.69, 9.17) is 17.3 Å². The van der Waals surface area contributed by atoms with Crippen molar-refractivity contribution in [3.8, 4) is 0 Å². The first-order valence-electron chi connectivity index (χ1n) is 5.01. The third-order valence-electron chi connectivity index (χ3n) is 2.40. The molecule has 0 bridgehead atoms. The van der Waals surface area contributed by atoms with Crippen LogP contribution in [0.25, 0.3) is 0 Å². The Morgan fingerprint density at radius 1 is 1.41 bits per heavy atom. The van der Waals surface area contributed by atoms with Crippen LogP contribution in [0, 0.1) is 6.92 Å². The standard InChI is InChI=1S/C12H11BrClN3/c1-7-9(14)3-2-4-11(7)17-12-10(15)5-8(13)6-16-12/h2-6H,15H2,1H3,(H,16,17). The van der Waals surface area contributed by atoms with E-state index in [0.717, 1.165) is 15.7 Å². The molecule has 88 valence electrons. The Bertz CT molecular complexity index is 557. The predicted octanol–water partition coefficient (Wildman–Crippen LogP) is 4.13. The Morgan fingerprint density at radius 2 is 2.18 bits per heavy atom. The Hall–Kier alpha value is -1.26. The minimum absolute atomic E-state index is 0.582. The van der Waals surface area contributed by atoms with Crippen molar-refractivity contribution in [1.29, 1.82) is 0 Å². The minimum atomic E-state index is 0.582. The Morgan fingerprint density at radius 3 is 2.88 bits per heavy atom. The van der Waals surface area contributed by atoms with Gasteiger partial charge in [-0.1, -0.05) is 17.7 Å². The van der Waals surface area contributed by atoms with E-state index >= 15 is 0 Å². The van der Waals surface area contributed by atoms with Crippen molar-refractivity contribution in [3.05, 3.63) is 45.5 Å². The van der Waals surface area contributed by atoms with Crippen LogP contribution in [0.4, 0.5) is 17.2 Å². The zero-order chi connectivity index (χ0) is 12.4. The van der Waals surface area contributed by atoms with Crippen LogP contribution in [0.2, 0.25) is 5.02 Å². The van der Waals surface area contributed by atoms with Gasteiger partial charge in [-0.2, -0.15) is 0 Å². The van der Waals surface area contributed by atoms with Crippen molar-refractivity contribution >= 4 is 44.7 Å². The summed E-state index contributed by atoms with van der Waals surface area (Å²) in [7, 11) is 0. The molecule has 0 atom stereocenters. The summed E-state index contributed by atoms with van der Waals surface area (Å²) in [5.74, 6) is 0.624. The number of benzene rings is 1. The maximum Gasteiger partial charge on any atom is 0.153 e. The number of halogens is 2. The number of nitrogens with zero attached hydrogens (tertiary/aromatic N) is 1. The van der Waals surface area contributed by atoms with Crippen molar-refractivity contribution in [2.45, 2.75) is 6.92 Å². The fourth-order valence-corrected chi connectivity index (χ4v) is 1.95. The van der Waals surface area contributed by atoms with Crippen LogP contribution in [0.1, 0.15) is 5.56 Å². The molecule has 0 saturated heterocycles. The lowest BCUT2D eigenvalue weighted by Crippen LogP contribution is -2.00. The molecule has 0 aliphatic rings. The van der Waals surface area contributed by atoms with E-state index in [0.29, 0.717) is 16.5 Å². The van der Waals surface area contributed by atoms with Gasteiger partial charge in [-0.3, -0.25) is 0 Å². The zero-order valence-electron chi connectivity index (χ0n) is 9.17. The molecule has 17 heavy (non-hydrogen) atoms. The van der Waals surface area contributed by atoms with E-state index < -0.39 is 0 Å². The van der Waals surface area contributed by atoms with Gasteiger partial charge in [-0.05, 0) is 46.6 Å². The number of hydrogen-bond donors (Lipinski definition) is 2. The minimum Gasteiger partial charge on any atom is -0.396 e. The Balaban J connectivity index is 2.35. The van der Waals surface area contributed by atoms with Gasteiger partial charge >= 0.3 is 0 Å². The third kappa shape index (κ3) is 2.70. The number of aromatic nitrogens is 1. The van der Waals surface area contributed by atoms with Crippen LogP contribution in [0.5, 0.6) is 0 Å². The van der Waals surface area contributed by atoms with E-state index in [1.165, 1.54) is 0 Å². The molecular weight excluding hydrogens is 302 g/mol. The smallest absolute Gasteiger partial charge is 0.153 e. The van der Waals surface area contributed by atoms with Crippen molar-refractivity contribution in [3.63, 3.8) is 0 Å². The van der Waals surface area contributed by atoms with Gasteiger partial charge < -0.3 is 11.1 Å². The van der Waals surface area contributed by atoms with Crippen LogP contribution >= 0.6 is 27.5 Å². The van der Waals surface area contributed by atoms with E-state index in [1.54, 1.807) is 12.3 Å². The van der Waals surface area contributed by atoms with Crippen molar-refractivity contribution in [2.75, 3.05) is 11.1 Å². The summed E-state index contributed by atoms with van der Waals surface area (Å²) in [6.07, 6.45) is 1.69. The maximum absolute atomic E-state index is 6.05. The molecule has 0 spiro atoms. The fraction of sp³-hybridized carbons (Fsp3) is 0.0833. The van der Waals surface area contributed by atoms with E-state index in [1.807, 2.05) is 25.1 Å². The average Bonchev–Trinajstić information content (AvgIpc) is 2.28. The quantitative estimate of drug-likeness (QED) is 0.876. The highest BCUT2D eigenvalue weighted by molar-refractivity contribution is 9.10. The maximum atomic E-state index is 6.05. The normalized spacial score (nSPS) is 10.3. The van der Waals surface area contributed by atoms with E-state index in [9.17, 15) is 0 Å². The van der Waals surface area contributed by atoms with Crippen molar-refractivity contribution in [2.24, 2.45) is 0 Å². The van der Waals surface area contributed by atoms with Gasteiger partial charge in [0.1, 0.15) is 0 Å². The van der Waals surface area contributed by atoms with Crippen LogP contribution in [-0.2, 0) is 0 Å². The molecule has 1 heterocycles. The molecular formula is C12H11BrClN3. The van der Waals surface area contributed by atoms with Gasteiger partial charge in [0, 0.05) is 21.4 Å². The Labute approximate surface area is 113 Å². The molecule has 3 nitrogen and oxygen atoms in total. The third-order valence-corrected chi connectivity index (χ3v) is 3.25. The molecule has 0 unspecified atom stereocenters. The number of nitrogens with one attached hydrogen (secondary N) is 1. The Kier molecular flexibility index (Phi) is 3.54. The molecule has 1 aromatic heterocycles. The molecule has 0 fully saturated rings. The predicted molar refractivity (Wildman–Crippen MR) is 75.8 cm³/mol. The molecule has 0 saturated carbocycles. The van der Waals surface area contributed by atoms with Gasteiger partial charge in [0.2, 0.25) is 0 Å². The highest BCUT2D eigenvalue weighted by atomic mass is 79.9. The first-order valence-corrected chi connectivity index (χ1v) is 6.18. The van der Waals surface area contributed by atoms with Crippen molar-refractivity contribution < 1.29 is 0 Å². The van der Waals surface area contributed by atoms with Crippen LogP contribution < -0.4 is 11.1 Å². The monoisotopic (exact) mass is 311 g/mol. The van der Waals surface area contributed by atoms with Crippen molar-refractivity contribution in [1.82, 2.24) is 4.98 Å². The zero-order valence-corrected chi connectivity index (χ0v) is 11.5. The summed E-state index contributed by atoms with van der Waals surface area (Å²) >= 11 is 9.36. The van der Waals surface area contributed by atoms with E-state index in [2.05, 4.69) is 26.2 Å². The molecule has 2 rings (SSSR count). The number of hydrogen-bond acceptors (Lipinski definition) is 3. The fourth-order valence-electron chi connectivity index (χ4n) is 1.43. The molecule has 5 heteroatoms. The van der Waals surface area contributed by atoms with Gasteiger partial charge in [0.15, 0.2) is 5.82 Å². The van der Waals surface area contributed by atoms with Crippen LogP contribution in [0.15, 0.2) is 34.9 Å². The summed E-state index contributed by atoms with van der Waals surface area (Å²) in [5, 5.41) is 3.88. The molecule has 1 aromatic carbocycles. The lowest BCUT2D eigenvalue weighted by Gasteiger charge is -2.11. The second-order valence-corrected chi connectivity index (χ2v) is 4.95. The second-order valence-electron chi connectivity index (χ2n) is 3.63. The number of nitrogen functional groups attached to an aromatic ring is 1. The molecule has 3 N–H and O–H groups in total. The van der Waals surface area contributed by atoms with Gasteiger partial charge in [0.25, 0.3) is 0 Å². The highest BCUT2D eigenvalue weighted by Crippen LogP contribution is 2.28. The average molecular weight is 313 g/mol. The molecule has 0 radical (unpaired) electrons.